The van der Waals surface area contributed by atoms with Crippen molar-refractivity contribution in [2.45, 2.75) is 26.2 Å². The Morgan fingerprint density at radius 3 is 2.81 bits per heavy atom. The van der Waals surface area contributed by atoms with Gasteiger partial charge in [0.25, 0.3) is 0 Å². The van der Waals surface area contributed by atoms with Gasteiger partial charge in [0.15, 0.2) is 0 Å². The largest absolute Gasteiger partial charge is 0.481 e. The molecule has 0 aromatic carbocycles. The van der Waals surface area contributed by atoms with Crippen LogP contribution in [0.1, 0.15) is 25.5 Å². The predicted octanol–water partition coefficient (Wildman–Crippen LogP) is 0.859. The van der Waals surface area contributed by atoms with Gasteiger partial charge in [-0.2, -0.15) is 5.10 Å². The SMILES string of the molecule is CCC1(C(=O)O)CCN(C(=O)NCCc2ccnn2C)C1. The second kappa shape index (κ2) is 6.15. The number of hydrogen-bond donors (Lipinski definition) is 2. The van der Waals surface area contributed by atoms with Gasteiger partial charge in [-0.15, -0.1) is 0 Å². The number of aliphatic carboxylic acids is 1. The minimum atomic E-state index is -0.810. The lowest BCUT2D eigenvalue weighted by molar-refractivity contribution is -0.148. The standard InChI is InChI=1S/C14H22N4O3/c1-3-14(12(19)20)6-9-18(10-14)13(21)15-7-4-11-5-8-16-17(11)2/h5,8H,3-4,6-7,9-10H2,1-2H3,(H,15,21)(H,19,20). The quantitative estimate of drug-likeness (QED) is 0.843. The van der Waals surface area contributed by atoms with Crippen molar-refractivity contribution in [3.63, 3.8) is 0 Å². The van der Waals surface area contributed by atoms with E-state index in [4.69, 9.17) is 0 Å². The summed E-state index contributed by atoms with van der Waals surface area (Å²) in [4.78, 5) is 25.0. The molecule has 1 unspecified atom stereocenters. The minimum Gasteiger partial charge on any atom is -0.481 e. The van der Waals surface area contributed by atoms with Gasteiger partial charge in [0.1, 0.15) is 0 Å². The molecule has 0 spiro atoms. The fraction of sp³-hybridized carbons (Fsp3) is 0.643. The first-order chi connectivity index (χ1) is 9.98. The van der Waals surface area contributed by atoms with Gasteiger partial charge in [-0.3, -0.25) is 9.48 Å². The molecule has 0 bridgehead atoms. The normalized spacial score (nSPS) is 21.5. The number of likely N-dealkylation sites (tertiary alicyclic amines) is 1. The summed E-state index contributed by atoms with van der Waals surface area (Å²) in [6.07, 6.45) is 3.49. The zero-order valence-electron chi connectivity index (χ0n) is 12.5. The van der Waals surface area contributed by atoms with Crippen LogP contribution in [0.5, 0.6) is 0 Å². The van der Waals surface area contributed by atoms with E-state index in [1.807, 2.05) is 20.0 Å². The van der Waals surface area contributed by atoms with Crippen LogP contribution in [0, 0.1) is 5.41 Å². The number of aromatic nitrogens is 2. The van der Waals surface area contributed by atoms with E-state index in [0.29, 0.717) is 32.4 Å². The number of urea groups is 1. The van der Waals surface area contributed by atoms with Crippen molar-refractivity contribution in [2.75, 3.05) is 19.6 Å². The summed E-state index contributed by atoms with van der Waals surface area (Å²) in [5.41, 5.74) is 0.268. The lowest BCUT2D eigenvalue weighted by Crippen LogP contribution is -2.42. The average molecular weight is 294 g/mol. The Morgan fingerprint density at radius 2 is 2.29 bits per heavy atom. The Morgan fingerprint density at radius 1 is 1.52 bits per heavy atom. The summed E-state index contributed by atoms with van der Waals surface area (Å²) in [5, 5.41) is 16.2. The summed E-state index contributed by atoms with van der Waals surface area (Å²) in [6, 6.07) is 1.72. The Hall–Kier alpha value is -2.05. The highest BCUT2D eigenvalue weighted by molar-refractivity contribution is 5.79. The number of carboxylic acids is 1. The number of carbonyl (C=O) groups is 2. The highest BCUT2D eigenvalue weighted by Gasteiger charge is 2.44. The molecular formula is C14H22N4O3. The van der Waals surface area contributed by atoms with Gasteiger partial charge in [0.2, 0.25) is 0 Å². The van der Waals surface area contributed by atoms with Gasteiger partial charge in [-0.25, -0.2) is 4.79 Å². The van der Waals surface area contributed by atoms with Gasteiger partial charge < -0.3 is 15.3 Å². The molecule has 1 aliphatic rings. The molecule has 1 fully saturated rings. The van der Waals surface area contributed by atoms with Crippen LogP contribution >= 0.6 is 0 Å². The third kappa shape index (κ3) is 3.17. The van der Waals surface area contributed by atoms with Gasteiger partial charge in [0, 0.05) is 45.0 Å². The maximum atomic E-state index is 12.1. The van der Waals surface area contributed by atoms with Crippen LogP contribution in [0.15, 0.2) is 12.3 Å². The molecule has 0 aliphatic carbocycles. The fourth-order valence-corrected chi connectivity index (χ4v) is 2.72. The second-order valence-corrected chi connectivity index (χ2v) is 5.54. The highest BCUT2D eigenvalue weighted by Crippen LogP contribution is 2.34. The molecule has 1 atom stereocenters. The third-order valence-corrected chi connectivity index (χ3v) is 4.35. The van der Waals surface area contributed by atoms with E-state index in [1.165, 1.54) is 0 Å². The van der Waals surface area contributed by atoms with Crippen molar-refractivity contribution in [3.05, 3.63) is 18.0 Å². The lowest BCUT2D eigenvalue weighted by Gasteiger charge is -2.23. The van der Waals surface area contributed by atoms with E-state index in [1.54, 1.807) is 15.8 Å². The first kappa shape index (κ1) is 15.3. The van der Waals surface area contributed by atoms with Crippen LogP contribution in [0.2, 0.25) is 0 Å². The summed E-state index contributed by atoms with van der Waals surface area (Å²) >= 11 is 0. The number of amides is 2. The molecule has 21 heavy (non-hydrogen) atoms. The molecule has 1 saturated heterocycles. The Bertz CT molecular complexity index is 528. The summed E-state index contributed by atoms with van der Waals surface area (Å²) in [7, 11) is 1.86. The number of hydrogen-bond acceptors (Lipinski definition) is 3. The molecule has 7 heteroatoms. The van der Waals surface area contributed by atoms with Crippen LogP contribution in [-0.2, 0) is 18.3 Å². The zero-order valence-corrected chi connectivity index (χ0v) is 12.5. The number of nitrogens with one attached hydrogen (secondary N) is 1. The van der Waals surface area contributed by atoms with E-state index in [-0.39, 0.29) is 12.6 Å². The number of carboxylic acid groups (broad SMARTS) is 1. The molecule has 7 nitrogen and oxygen atoms in total. The number of rotatable bonds is 5. The maximum Gasteiger partial charge on any atom is 0.317 e. The first-order valence-electron chi connectivity index (χ1n) is 7.21. The number of nitrogens with zero attached hydrogens (tertiary/aromatic N) is 3. The molecule has 2 N–H and O–H groups in total. The average Bonchev–Trinajstić information content (AvgIpc) is 3.06. The molecule has 1 aromatic heterocycles. The molecule has 0 saturated carbocycles. The van der Waals surface area contributed by atoms with Crippen molar-refractivity contribution in [1.82, 2.24) is 20.0 Å². The topological polar surface area (TPSA) is 87.5 Å². The van der Waals surface area contributed by atoms with Gasteiger partial charge in [-0.05, 0) is 18.9 Å². The molecule has 2 rings (SSSR count). The highest BCUT2D eigenvalue weighted by atomic mass is 16.4. The lowest BCUT2D eigenvalue weighted by atomic mass is 9.84. The second-order valence-electron chi connectivity index (χ2n) is 5.54. The van der Waals surface area contributed by atoms with Crippen LogP contribution in [-0.4, -0.2) is 51.4 Å². The fourth-order valence-electron chi connectivity index (χ4n) is 2.72. The van der Waals surface area contributed by atoms with Crippen molar-refractivity contribution in [2.24, 2.45) is 12.5 Å². The predicted molar refractivity (Wildman–Crippen MR) is 76.9 cm³/mol. The molecule has 1 aliphatic heterocycles. The van der Waals surface area contributed by atoms with Crippen molar-refractivity contribution in [3.8, 4) is 0 Å². The van der Waals surface area contributed by atoms with Crippen LogP contribution in [0.25, 0.3) is 0 Å². The summed E-state index contributed by atoms with van der Waals surface area (Å²) < 4.78 is 1.77. The van der Waals surface area contributed by atoms with E-state index >= 15 is 0 Å². The van der Waals surface area contributed by atoms with E-state index in [9.17, 15) is 14.7 Å². The van der Waals surface area contributed by atoms with E-state index < -0.39 is 11.4 Å². The van der Waals surface area contributed by atoms with Gasteiger partial charge in [0.05, 0.1) is 5.41 Å². The smallest absolute Gasteiger partial charge is 0.317 e. The van der Waals surface area contributed by atoms with Gasteiger partial charge >= 0.3 is 12.0 Å². The van der Waals surface area contributed by atoms with E-state index in [0.717, 1.165) is 5.69 Å². The molecular weight excluding hydrogens is 272 g/mol. The van der Waals surface area contributed by atoms with Crippen molar-refractivity contribution >= 4 is 12.0 Å². The molecule has 0 radical (unpaired) electrons. The molecule has 1 aromatic rings. The number of carbonyl (C=O) groups excluding carboxylic acids is 1. The number of aryl methyl sites for hydroxylation is 1. The van der Waals surface area contributed by atoms with E-state index in [2.05, 4.69) is 10.4 Å². The van der Waals surface area contributed by atoms with Crippen LogP contribution < -0.4 is 5.32 Å². The molecule has 2 amide bonds. The molecule has 2 heterocycles. The minimum absolute atomic E-state index is 0.186. The molecule has 116 valence electrons. The summed E-state index contributed by atoms with van der Waals surface area (Å²) in [5.74, 6) is -0.810. The Labute approximate surface area is 123 Å². The monoisotopic (exact) mass is 294 g/mol. The first-order valence-corrected chi connectivity index (χ1v) is 7.21. The van der Waals surface area contributed by atoms with Crippen molar-refractivity contribution in [1.29, 1.82) is 0 Å². The van der Waals surface area contributed by atoms with Gasteiger partial charge in [-0.1, -0.05) is 6.92 Å². The van der Waals surface area contributed by atoms with Crippen LogP contribution in [0.4, 0.5) is 4.79 Å². The van der Waals surface area contributed by atoms with Crippen molar-refractivity contribution < 1.29 is 14.7 Å². The Kier molecular flexibility index (Phi) is 4.50. The summed E-state index contributed by atoms with van der Waals surface area (Å²) in [6.45, 7) is 3.16. The maximum absolute atomic E-state index is 12.1. The Balaban J connectivity index is 1.82. The zero-order chi connectivity index (χ0) is 15.5. The third-order valence-electron chi connectivity index (χ3n) is 4.35. The van der Waals surface area contributed by atoms with Crippen LogP contribution in [0.3, 0.4) is 0 Å².